The third-order valence-corrected chi connectivity index (χ3v) is 8.99. The van der Waals surface area contributed by atoms with E-state index in [1.165, 1.54) is 0 Å². The van der Waals surface area contributed by atoms with Gasteiger partial charge in [0, 0.05) is 37.4 Å². The predicted molar refractivity (Wildman–Crippen MR) is 202 cm³/mol. The van der Waals surface area contributed by atoms with E-state index < -0.39 is 11.3 Å². The summed E-state index contributed by atoms with van der Waals surface area (Å²) in [5.74, 6) is 0.512. The highest BCUT2D eigenvalue weighted by molar-refractivity contribution is 6.33. The highest BCUT2D eigenvalue weighted by Crippen LogP contribution is 2.36. The monoisotopic (exact) mass is 690 g/mol. The Morgan fingerprint density at radius 2 is 1.70 bits per heavy atom. The lowest BCUT2D eigenvalue weighted by molar-refractivity contribution is 0.0218. The Morgan fingerprint density at radius 1 is 0.980 bits per heavy atom. The van der Waals surface area contributed by atoms with Gasteiger partial charge in [0.05, 0.1) is 27.5 Å². The summed E-state index contributed by atoms with van der Waals surface area (Å²) in [5, 5.41) is 1.07. The summed E-state index contributed by atoms with van der Waals surface area (Å²) in [7, 11) is 0. The highest BCUT2D eigenvalue weighted by Gasteiger charge is 2.33. The summed E-state index contributed by atoms with van der Waals surface area (Å²) in [5.41, 5.74) is 5.14. The average Bonchev–Trinajstić information content (AvgIpc) is 3.07. The van der Waals surface area contributed by atoms with E-state index in [1.54, 1.807) is 15.7 Å². The number of carbonyl (C=O) groups excluding carboxylic acids is 1. The number of aromatic nitrogens is 4. The summed E-state index contributed by atoms with van der Waals surface area (Å²) in [6.07, 6.45) is 5.52. The standard InChI is InChI=1S/C40H43ClN6O3/c1-25(2)33-35(26(3)18-19-42-33)47-37-31(36(44-38(47)48)46-21-20-45(24-27(46)4)39(49)50-40(5,6)7)23-32(41)34(43-37)30-15-11-14-29(22-30)17-16-28-12-9-8-10-13-28/h8-19,22-23,25,27H,20-21,24H2,1-7H3/t27-/m0/s1. The minimum Gasteiger partial charge on any atom is -0.444 e. The van der Waals surface area contributed by atoms with Crippen LogP contribution in [-0.4, -0.2) is 61.8 Å². The number of benzene rings is 2. The summed E-state index contributed by atoms with van der Waals surface area (Å²) in [6, 6.07) is 21.7. The summed E-state index contributed by atoms with van der Waals surface area (Å²) in [6.45, 7) is 14.9. The second-order valence-corrected chi connectivity index (χ2v) is 14.5. The van der Waals surface area contributed by atoms with Crippen molar-refractivity contribution in [3.05, 3.63) is 111 Å². The summed E-state index contributed by atoms with van der Waals surface area (Å²) >= 11 is 7.09. The van der Waals surface area contributed by atoms with Crippen molar-refractivity contribution < 1.29 is 9.53 Å². The molecule has 9 nitrogen and oxygen atoms in total. The number of fused-ring (bicyclic) bond motifs is 1. The molecule has 1 aliphatic heterocycles. The lowest BCUT2D eigenvalue weighted by atomic mass is 10.0. The van der Waals surface area contributed by atoms with Crippen LogP contribution in [-0.2, 0) is 4.74 Å². The van der Waals surface area contributed by atoms with E-state index in [0.29, 0.717) is 52.9 Å². The number of rotatable bonds is 6. The lowest BCUT2D eigenvalue weighted by Crippen LogP contribution is -2.55. The van der Waals surface area contributed by atoms with E-state index >= 15 is 0 Å². The molecule has 6 rings (SSSR count). The van der Waals surface area contributed by atoms with Gasteiger partial charge in [0.15, 0.2) is 5.65 Å². The van der Waals surface area contributed by atoms with Gasteiger partial charge in [-0.3, -0.25) is 4.98 Å². The molecule has 10 heteroatoms. The molecule has 0 bridgehead atoms. The smallest absolute Gasteiger partial charge is 0.410 e. The van der Waals surface area contributed by atoms with Crippen molar-refractivity contribution in [2.45, 2.75) is 66.0 Å². The van der Waals surface area contributed by atoms with E-state index in [9.17, 15) is 9.59 Å². The van der Waals surface area contributed by atoms with Gasteiger partial charge in [-0.25, -0.2) is 19.1 Å². The zero-order valence-corrected chi connectivity index (χ0v) is 30.4. The molecule has 50 heavy (non-hydrogen) atoms. The first-order valence-corrected chi connectivity index (χ1v) is 17.4. The van der Waals surface area contributed by atoms with Crippen molar-refractivity contribution in [1.29, 1.82) is 0 Å². The Hall–Kier alpha value is -5.02. The topological polar surface area (TPSA) is 93.5 Å². The molecular formula is C40H43ClN6O3. The van der Waals surface area contributed by atoms with Gasteiger partial charge in [0.1, 0.15) is 11.4 Å². The van der Waals surface area contributed by atoms with Gasteiger partial charge < -0.3 is 14.5 Å². The number of amides is 1. The van der Waals surface area contributed by atoms with Crippen LogP contribution in [0.1, 0.15) is 69.8 Å². The van der Waals surface area contributed by atoms with E-state index in [1.807, 2.05) is 89.2 Å². The number of carbonyl (C=O) groups is 1. The first-order chi connectivity index (χ1) is 23.8. The molecule has 1 atom stereocenters. The molecule has 5 aromatic rings. The molecule has 1 saturated heterocycles. The molecule has 0 radical (unpaired) electrons. The number of hydrogen-bond donors (Lipinski definition) is 0. The fourth-order valence-electron chi connectivity index (χ4n) is 6.32. The van der Waals surface area contributed by atoms with E-state index in [4.69, 9.17) is 26.3 Å². The number of hydrogen-bond acceptors (Lipinski definition) is 7. The van der Waals surface area contributed by atoms with Gasteiger partial charge in [-0.15, -0.1) is 0 Å². The third kappa shape index (κ3) is 7.28. The van der Waals surface area contributed by atoms with Crippen molar-refractivity contribution in [3.63, 3.8) is 0 Å². The molecule has 0 aliphatic carbocycles. The van der Waals surface area contributed by atoms with Gasteiger partial charge in [-0.2, -0.15) is 4.98 Å². The molecule has 258 valence electrons. The number of pyridine rings is 2. The van der Waals surface area contributed by atoms with Crippen molar-refractivity contribution in [2.75, 3.05) is 24.5 Å². The molecule has 0 N–H and O–H groups in total. The number of nitrogens with zero attached hydrogens (tertiary/aromatic N) is 6. The zero-order chi connectivity index (χ0) is 35.7. The van der Waals surface area contributed by atoms with Crippen molar-refractivity contribution >= 4 is 46.7 Å². The number of aryl methyl sites for hydroxylation is 1. The van der Waals surface area contributed by atoms with Crippen LogP contribution >= 0.6 is 11.6 Å². The van der Waals surface area contributed by atoms with Crippen LogP contribution in [0.2, 0.25) is 5.02 Å². The SMILES string of the molecule is Cc1ccnc(C(C)C)c1-n1c(=O)nc(N2CCN(C(=O)OC(C)(C)C)C[C@@H]2C)c2cc(Cl)c(-c3cccc(C=Cc4ccccc4)c3)nc21. The van der Waals surface area contributed by atoms with Gasteiger partial charge in [-0.1, -0.05) is 86.1 Å². The molecule has 0 unspecified atom stereocenters. The maximum atomic E-state index is 14.3. The predicted octanol–water partition coefficient (Wildman–Crippen LogP) is 8.54. The number of ether oxygens (including phenoxy) is 1. The van der Waals surface area contributed by atoms with Crippen LogP contribution < -0.4 is 10.6 Å². The number of piperazine rings is 1. The molecule has 0 saturated carbocycles. The normalized spacial score (nSPS) is 15.3. The summed E-state index contributed by atoms with van der Waals surface area (Å²) < 4.78 is 7.22. The Kier molecular flexibility index (Phi) is 9.80. The van der Waals surface area contributed by atoms with Crippen LogP contribution in [0.4, 0.5) is 10.6 Å². The molecule has 2 aromatic carbocycles. The molecule has 1 aliphatic rings. The van der Waals surface area contributed by atoms with E-state index in [-0.39, 0.29) is 18.1 Å². The second kappa shape index (κ2) is 14.1. The minimum atomic E-state index is -0.600. The van der Waals surface area contributed by atoms with Crippen LogP contribution in [0, 0.1) is 6.92 Å². The Bertz CT molecular complexity index is 2140. The zero-order valence-electron chi connectivity index (χ0n) is 29.6. The average molecular weight is 691 g/mol. The maximum absolute atomic E-state index is 14.3. The fraction of sp³-hybridized carbons (Fsp3) is 0.325. The van der Waals surface area contributed by atoms with Gasteiger partial charge >= 0.3 is 11.8 Å². The highest BCUT2D eigenvalue weighted by atomic mass is 35.5. The second-order valence-electron chi connectivity index (χ2n) is 14.1. The van der Waals surface area contributed by atoms with Crippen LogP contribution in [0.15, 0.2) is 77.7 Å². The first kappa shape index (κ1) is 34.8. The molecule has 1 amide bonds. The minimum absolute atomic E-state index is 0.0346. The molecular weight excluding hydrogens is 648 g/mol. The van der Waals surface area contributed by atoms with E-state index in [0.717, 1.165) is 27.9 Å². The molecule has 3 aromatic heterocycles. The van der Waals surface area contributed by atoms with Crippen LogP contribution in [0.25, 0.3) is 40.1 Å². The summed E-state index contributed by atoms with van der Waals surface area (Å²) in [4.78, 5) is 45.5. The largest absolute Gasteiger partial charge is 0.444 e. The third-order valence-electron chi connectivity index (χ3n) is 8.71. The van der Waals surface area contributed by atoms with Crippen LogP contribution in [0.3, 0.4) is 0 Å². The van der Waals surface area contributed by atoms with Crippen molar-refractivity contribution in [1.82, 2.24) is 24.4 Å². The molecule has 1 fully saturated rings. The van der Waals surface area contributed by atoms with Gasteiger partial charge in [0.2, 0.25) is 0 Å². The van der Waals surface area contributed by atoms with Gasteiger partial charge in [-0.05, 0) is 75.4 Å². The fourth-order valence-corrected chi connectivity index (χ4v) is 6.58. The molecule has 4 heterocycles. The Morgan fingerprint density at radius 3 is 2.40 bits per heavy atom. The van der Waals surface area contributed by atoms with Crippen LogP contribution in [0.5, 0.6) is 0 Å². The number of anilines is 1. The Labute approximate surface area is 298 Å². The lowest BCUT2D eigenvalue weighted by Gasteiger charge is -2.41. The number of halogens is 1. The van der Waals surface area contributed by atoms with Crippen molar-refractivity contribution in [3.8, 4) is 16.9 Å². The van der Waals surface area contributed by atoms with Gasteiger partial charge in [0.25, 0.3) is 0 Å². The van der Waals surface area contributed by atoms with E-state index in [2.05, 4.69) is 48.0 Å². The molecule has 0 spiro atoms. The quantitative estimate of drug-likeness (QED) is 0.165. The Balaban J connectivity index is 1.50. The maximum Gasteiger partial charge on any atom is 0.410 e. The first-order valence-electron chi connectivity index (χ1n) is 17.0. The van der Waals surface area contributed by atoms with Crippen molar-refractivity contribution in [2.24, 2.45) is 0 Å².